The molecule has 4 heteroatoms. The molecule has 3 unspecified atom stereocenters. The van der Waals surface area contributed by atoms with Gasteiger partial charge in [0, 0.05) is 25.0 Å². The molecule has 0 aromatic rings. The molecule has 0 saturated carbocycles. The predicted octanol–water partition coefficient (Wildman–Crippen LogP) is 1.80. The molecule has 2 fully saturated rings. The van der Waals surface area contributed by atoms with Gasteiger partial charge in [0.15, 0.2) is 0 Å². The van der Waals surface area contributed by atoms with Crippen LogP contribution < -0.4 is 10.6 Å². The van der Waals surface area contributed by atoms with Crippen molar-refractivity contribution in [2.24, 2.45) is 23.2 Å². The summed E-state index contributed by atoms with van der Waals surface area (Å²) in [5.41, 5.74) is 0.138. The average molecular weight is 282 g/mol. The van der Waals surface area contributed by atoms with Crippen LogP contribution in [0.1, 0.15) is 40.5 Å². The molecule has 20 heavy (non-hydrogen) atoms. The molecule has 0 bridgehead atoms. The maximum atomic E-state index is 12.2. The smallest absolute Gasteiger partial charge is 0.223 e. The number of carbonyl (C=O) groups excluding carboxylic acids is 1. The molecule has 2 N–H and O–H groups in total. The SMILES string of the molecule is CC(C(=O)NCC1CCCOC1C(C)(C)C)C1CNC1. The van der Waals surface area contributed by atoms with E-state index in [0.717, 1.165) is 39.1 Å². The fourth-order valence-electron chi connectivity index (χ4n) is 3.28. The van der Waals surface area contributed by atoms with Crippen molar-refractivity contribution >= 4 is 5.91 Å². The number of ether oxygens (including phenoxy) is 1. The van der Waals surface area contributed by atoms with Crippen LogP contribution in [0.2, 0.25) is 0 Å². The number of carbonyl (C=O) groups is 1. The molecule has 0 spiro atoms. The Balaban J connectivity index is 1.83. The lowest BCUT2D eigenvalue weighted by atomic mass is 9.78. The van der Waals surface area contributed by atoms with Gasteiger partial charge in [0.1, 0.15) is 0 Å². The van der Waals surface area contributed by atoms with Crippen molar-refractivity contribution < 1.29 is 9.53 Å². The molecule has 2 rings (SSSR count). The van der Waals surface area contributed by atoms with Crippen LogP contribution in [-0.4, -0.2) is 38.3 Å². The minimum absolute atomic E-state index is 0.119. The van der Waals surface area contributed by atoms with Crippen molar-refractivity contribution in [2.45, 2.75) is 46.6 Å². The molecule has 0 aromatic carbocycles. The van der Waals surface area contributed by atoms with E-state index in [9.17, 15) is 4.79 Å². The van der Waals surface area contributed by atoms with E-state index in [1.807, 2.05) is 6.92 Å². The lowest BCUT2D eigenvalue weighted by Gasteiger charge is -2.40. The number of rotatable bonds is 4. The summed E-state index contributed by atoms with van der Waals surface area (Å²) in [5, 5.41) is 6.39. The zero-order valence-electron chi connectivity index (χ0n) is 13.4. The molecule has 0 aliphatic carbocycles. The van der Waals surface area contributed by atoms with Gasteiger partial charge in [-0.05, 0) is 37.3 Å². The molecule has 2 aliphatic heterocycles. The van der Waals surface area contributed by atoms with E-state index in [0.29, 0.717) is 11.8 Å². The van der Waals surface area contributed by atoms with Crippen molar-refractivity contribution in [2.75, 3.05) is 26.2 Å². The molecular weight excluding hydrogens is 252 g/mol. The van der Waals surface area contributed by atoms with Crippen LogP contribution >= 0.6 is 0 Å². The third-order valence-corrected chi connectivity index (χ3v) is 4.77. The molecule has 1 amide bonds. The third-order valence-electron chi connectivity index (χ3n) is 4.77. The zero-order valence-corrected chi connectivity index (χ0v) is 13.4. The average Bonchev–Trinajstić information content (AvgIpc) is 2.33. The topological polar surface area (TPSA) is 50.4 Å². The third kappa shape index (κ3) is 3.73. The van der Waals surface area contributed by atoms with Crippen LogP contribution in [0.5, 0.6) is 0 Å². The highest BCUT2D eigenvalue weighted by Gasteiger charge is 2.36. The van der Waals surface area contributed by atoms with E-state index >= 15 is 0 Å². The van der Waals surface area contributed by atoms with Crippen molar-refractivity contribution in [1.82, 2.24) is 10.6 Å². The molecule has 4 nitrogen and oxygen atoms in total. The van der Waals surface area contributed by atoms with Gasteiger partial charge in [-0.3, -0.25) is 4.79 Å². The highest BCUT2D eigenvalue weighted by Crippen LogP contribution is 2.33. The lowest BCUT2D eigenvalue weighted by molar-refractivity contribution is -0.128. The second-order valence-corrected chi connectivity index (χ2v) is 7.51. The van der Waals surface area contributed by atoms with Gasteiger partial charge in [0.05, 0.1) is 6.10 Å². The summed E-state index contributed by atoms with van der Waals surface area (Å²) >= 11 is 0. The summed E-state index contributed by atoms with van der Waals surface area (Å²) in [4.78, 5) is 12.2. The molecule has 116 valence electrons. The largest absolute Gasteiger partial charge is 0.377 e. The Morgan fingerprint density at radius 1 is 1.40 bits per heavy atom. The zero-order chi connectivity index (χ0) is 14.8. The maximum absolute atomic E-state index is 12.2. The quantitative estimate of drug-likeness (QED) is 0.826. The van der Waals surface area contributed by atoms with Gasteiger partial charge in [0.25, 0.3) is 0 Å². The first kappa shape index (κ1) is 15.8. The van der Waals surface area contributed by atoms with Gasteiger partial charge in [-0.15, -0.1) is 0 Å². The summed E-state index contributed by atoms with van der Waals surface area (Å²) in [6, 6.07) is 0. The Hall–Kier alpha value is -0.610. The summed E-state index contributed by atoms with van der Waals surface area (Å²) in [6.07, 6.45) is 2.51. The molecular formula is C16H30N2O2. The molecule has 2 heterocycles. The monoisotopic (exact) mass is 282 g/mol. The van der Waals surface area contributed by atoms with Gasteiger partial charge in [-0.2, -0.15) is 0 Å². The van der Waals surface area contributed by atoms with E-state index in [4.69, 9.17) is 4.74 Å². The number of hydrogen-bond acceptors (Lipinski definition) is 3. The van der Waals surface area contributed by atoms with Crippen molar-refractivity contribution in [1.29, 1.82) is 0 Å². The maximum Gasteiger partial charge on any atom is 0.223 e. The minimum atomic E-state index is 0.119. The Labute approximate surface area is 123 Å². The molecule has 2 saturated heterocycles. The second-order valence-electron chi connectivity index (χ2n) is 7.51. The van der Waals surface area contributed by atoms with Crippen LogP contribution in [0.25, 0.3) is 0 Å². The first-order valence-electron chi connectivity index (χ1n) is 7.99. The molecule has 3 atom stereocenters. The van der Waals surface area contributed by atoms with Gasteiger partial charge < -0.3 is 15.4 Å². The van der Waals surface area contributed by atoms with E-state index in [-0.39, 0.29) is 23.3 Å². The number of nitrogens with one attached hydrogen (secondary N) is 2. The number of hydrogen-bond donors (Lipinski definition) is 2. The second kappa shape index (κ2) is 6.44. The van der Waals surface area contributed by atoms with Crippen molar-refractivity contribution in [3.63, 3.8) is 0 Å². The summed E-state index contributed by atoms with van der Waals surface area (Å²) in [6.45, 7) is 12.3. The van der Waals surface area contributed by atoms with E-state index in [1.165, 1.54) is 0 Å². The van der Waals surface area contributed by atoms with Crippen LogP contribution in [0.3, 0.4) is 0 Å². The first-order valence-corrected chi connectivity index (χ1v) is 7.99. The Morgan fingerprint density at radius 3 is 2.65 bits per heavy atom. The predicted molar refractivity (Wildman–Crippen MR) is 80.5 cm³/mol. The van der Waals surface area contributed by atoms with Gasteiger partial charge in [-0.25, -0.2) is 0 Å². The van der Waals surface area contributed by atoms with Gasteiger partial charge >= 0.3 is 0 Å². The first-order chi connectivity index (χ1) is 9.39. The Morgan fingerprint density at radius 2 is 2.10 bits per heavy atom. The fourth-order valence-corrected chi connectivity index (χ4v) is 3.28. The summed E-state index contributed by atoms with van der Waals surface area (Å²) in [5.74, 6) is 1.28. The van der Waals surface area contributed by atoms with Crippen LogP contribution in [0.4, 0.5) is 0 Å². The molecule has 0 radical (unpaired) electrons. The highest BCUT2D eigenvalue weighted by atomic mass is 16.5. The van der Waals surface area contributed by atoms with Crippen LogP contribution in [0.15, 0.2) is 0 Å². The lowest BCUT2D eigenvalue weighted by Crippen LogP contribution is -2.51. The normalized spacial score (nSPS) is 29.6. The summed E-state index contributed by atoms with van der Waals surface area (Å²) in [7, 11) is 0. The number of amides is 1. The summed E-state index contributed by atoms with van der Waals surface area (Å²) < 4.78 is 5.97. The molecule has 0 aromatic heterocycles. The molecule has 2 aliphatic rings. The minimum Gasteiger partial charge on any atom is -0.377 e. The standard InChI is InChI=1S/C16H30N2O2/c1-11(13-8-17-9-13)15(19)18-10-12-6-5-7-20-14(12)16(2,3)4/h11-14,17H,5-10H2,1-4H3,(H,18,19). The van der Waals surface area contributed by atoms with Crippen LogP contribution in [-0.2, 0) is 9.53 Å². The van der Waals surface area contributed by atoms with E-state index in [2.05, 4.69) is 31.4 Å². The van der Waals surface area contributed by atoms with Crippen molar-refractivity contribution in [3.8, 4) is 0 Å². The van der Waals surface area contributed by atoms with Gasteiger partial charge in [0.2, 0.25) is 5.91 Å². The fraction of sp³-hybridized carbons (Fsp3) is 0.938. The van der Waals surface area contributed by atoms with E-state index < -0.39 is 0 Å². The van der Waals surface area contributed by atoms with Crippen LogP contribution in [0, 0.1) is 23.2 Å². The Kier molecular flexibility index (Phi) is 5.08. The van der Waals surface area contributed by atoms with E-state index in [1.54, 1.807) is 0 Å². The van der Waals surface area contributed by atoms with Crippen molar-refractivity contribution in [3.05, 3.63) is 0 Å². The highest BCUT2D eigenvalue weighted by molar-refractivity contribution is 5.78. The van der Waals surface area contributed by atoms with Gasteiger partial charge in [-0.1, -0.05) is 27.7 Å². The Bertz CT molecular complexity index is 334.